The van der Waals surface area contributed by atoms with Crippen molar-refractivity contribution in [2.75, 3.05) is 13.7 Å². The van der Waals surface area contributed by atoms with Crippen LogP contribution in [-0.4, -0.2) is 35.7 Å². The van der Waals surface area contributed by atoms with Crippen LogP contribution in [0.15, 0.2) is 24.3 Å². The average Bonchev–Trinajstić information content (AvgIpc) is 2.76. The van der Waals surface area contributed by atoms with Crippen LogP contribution in [0.25, 0.3) is 0 Å². The second kappa shape index (κ2) is 5.78. The monoisotopic (exact) mass is 264 g/mol. The lowest BCUT2D eigenvalue weighted by Crippen LogP contribution is -2.36. The fourth-order valence-corrected chi connectivity index (χ4v) is 2.78. The molecule has 1 saturated heterocycles. The van der Waals surface area contributed by atoms with Gasteiger partial charge >= 0.3 is 0 Å². The molecular weight excluding hydrogens is 244 g/mol. The van der Waals surface area contributed by atoms with Gasteiger partial charge < -0.3 is 10.5 Å². The van der Waals surface area contributed by atoms with Gasteiger partial charge in [-0.25, -0.2) is 0 Å². The van der Waals surface area contributed by atoms with Crippen molar-refractivity contribution in [2.24, 2.45) is 5.73 Å². The molecule has 1 aromatic rings. The topological polar surface area (TPSA) is 38.5 Å². The Balaban J connectivity index is 2.11. The fourth-order valence-electron chi connectivity index (χ4n) is 2.58. The summed E-state index contributed by atoms with van der Waals surface area (Å²) in [4.78, 5) is 2.80. The predicted octanol–water partition coefficient (Wildman–Crippen LogP) is 1.93. The highest BCUT2D eigenvalue weighted by atomic mass is 32.1. The molecule has 0 aliphatic carbocycles. The molecule has 1 heterocycles. The summed E-state index contributed by atoms with van der Waals surface area (Å²) < 4.78 is 5.61. The number of nitrogens with two attached hydrogens (primary N) is 1. The Hall–Kier alpha value is -0.970. The molecule has 2 unspecified atom stereocenters. The number of benzene rings is 1. The molecule has 2 atom stereocenters. The molecule has 0 bridgehead atoms. The second-order valence-corrected chi connectivity index (χ2v) is 5.31. The quantitative estimate of drug-likeness (QED) is 0.843. The summed E-state index contributed by atoms with van der Waals surface area (Å²) >= 11 is 5.09. The maximum Gasteiger partial charge on any atom is 0.104 e. The van der Waals surface area contributed by atoms with E-state index in [2.05, 4.69) is 24.9 Å². The SMILES string of the molecule is CC1OCCC1N(C)Cc1ccccc1C(N)=S. The first-order valence-electron chi connectivity index (χ1n) is 6.29. The number of nitrogens with zero attached hydrogens (tertiary/aromatic N) is 1. The lowest BCUT2D eigenvalue weighted by Gasteiger charge is -2.27. The largest absolute Gasteiger partial charge is 0.389 e. The van der Waals surface area contributed by atoms with E-state index in [9.17, 15) is 0 Å². The number of thiocarbonyl (C=S) groups is 1. The normalized spacial score (nSPS) is 23.5. The highest BCUT2D eigenvalue weighted by Gasteiger charge is 2.28. The van der Waals surface area contributed by atoms with Crippen LogP contribution in [0, 0.1) is 0 Å². The second-order valence-electron chi connectivity index (χ2n) is 4.87. The van der Waals surface area contributed by atoms with E-state index in [1.807, 2.05) is 18.2 Å². The summed E-state index contributed by atoms with van der Waals surface area (Å²) in [6, 6.07) is 8.55. The molecule has 18 heavy (non-hydrogen) atoms. The molecule has 2 N–H and O–H groups in total. The van der Waals surface area contributed by atoms with Gasteiger partial charge in [-0.05, 0) is 26.0 Å². The highest BCUT2D eigenvalue weighted by molar-refractivity contribution is 7.80. The van der Waals surface area contributed by atoms with E-state index < -0.39 is 0 Å². The van der Waals surface area contributed by atoms with Crippen LogP contribution in [-0.2, 0) is 11.3 Å². The molecule has 0 spiro atoms. The number of ether oxygens (including phenoxy) is 1. The van der Waals surface area contributed by atoms with E-state index in [1.165, 1.54) is 5.56 Å². The minimum absolute atomic E-state index is 0.298. The maximum absolute atomic E-state index is 5.76. The molecule has 2 rings (SSSR count). The van der Waals surface area contributed by atoms with Crippen molar-refractivity contribution < 1.29 is 4.74 Å². The number of rotatable bonds is 4. The molecule has 4 heteroatoms. The minimum atomic E-state index is 0.298. The number of hydrogen-bond acceptors (Lipinski definition) is 3. The highest BCUT2D eigenvalue weighted by Crippen LogP contribution is 2.21. The third-order valence-electron chi connectivity index (χ3n) is 3.60. The smallest absolute Gasteiger partial charge is 0.104 e. The zero-order valence-corrected chi connectivity index (χ0v) is 11.7. The minimum Gasteiger partial charge on any atom is -0.389 e. The van der Waals surface area contributed by atoms with Gasteiger partial charge in [0.15, 0.2) is 0 Å². The first kappa shape index (κ1) is 13.5. The lowest BCUT2D eigenvalue weighted by atomic mass is 10.0. The predicted molar refractivity (Wildman–Crippen MR) is 77.6 cm³/mol. The number of hydrogen-bond donors (Lipinski definition) is 1. The Morgan fingerprint density at radius 3 is 2.83 bits per heavy atom. The summed E-state index contributed by atoms with van der Waals surface area (Å²) in [7, 11) is 2.13. The van der Waals surface area contributed by atoms with Crippen molar-refractivity contribution in [3.8, 4) is 0 Å². The third-order valence-corrected chi connectivity index (χ3v) is 3.82. The first-order valence-corrected chi connectivity index (χ1v) is 6.70. The fraction of sp³-hybridized carbons (Fsp3) is 0.500. The number of likely N-dealkylation sites (N-methyl/N-ethyl adjacent to an activating group) is 1. The maximum atomic E-state index is 5.76. The Kier molecular flexibility index (Phi) is 4.32. The van der Waals surface area contributed by atoms with E-state index in [0.717, 1.165) is 25.1 Å². The van der Waals surface area contributed by atoms with Crippen molar-refractivity contribution in [1.82, 2.24) is 4.90 Å². The van der Waals surface area contributed by atoms with Gasteiger partial charge in [0.05, 0.1) is 6.10 Å². The van der Waals surface area contributed by atoms with Gasteiger partial charge in [-0.2, -0.15) is 0 Å². The molecule has 0 saturated carbocycles. The van der Waals surface area contributed by atoms with Gasteiger partial charge in [0, 0.05) is 24.8 Å². The Bertz CT molecular complexity index is 436. The van der Waals surface area contributed by atoms with Crippen LogP contribution in [0.3, 0.4) is 0 Å². The Morgan fingerprint density at radius 2 is 2.22 bits per heavy atom. The molecule has 0 amide bonds. The zero-order valence-electron chi connectivity index (χ0n) is 10.9. The van der Waals surface area contributed by atoms with Crippen molar-refractivity contribution in [3.05, 3.63) is 35.4 Å². The summed E-state index contributed by atoms with van der Waals surface area (Å²) in [5.74, 6) is 0. The van der Waals surface area contributed by atoms with Crippen LogP contribution in [0.1, 0.15) is 24.5 Å². The van der Waals surface area contributed by atoms with Gasteiger partial charge in [0.2, 0.25) is 0 Å². The molecular formula is C14H20N2OS. The molecule has 1 aliphatic heterocycles. The van der Waals surface area contributed by atoms with Crippen molar-refractivity contribution in [2.45, 2.75) is 32.0 Å². The lowest BCUT2D eigenvalue weighted by molar-refractivity contribution is 0.0814. The third kappa shape index (κ3) is 2.88. The van der Waals surface area contributed by atoms with Crippen molar-refractivity contribution in [3.63, 3.8) is 0 Å². The van der Waals surface area contributed by atoms with Crippen LogP contribution < -0.4 is 5.73 Å². The van der Waals surface area contributed by atoms with Crippen LogP contribution >= 0.6 is 12.2 Å². The van der Waals surface area contributed by atoms with Crippen molar-refractivity contribution in [1.29, 1.82) is 0 Å². The standard InChI is InChI=1S/C14H20N2OS/c1-10-13(7-8-17-10)16(2)9-11-5-3-4-6-12(11)14(15)18/h3-6,10,13H,7-9H2,1-2H3,(H2,15,18). The van der Waals surface area contributed by atoms with Gasteiger partial charge in [0.25, 0.3) is 0 Å². The van der Waals surface area contributed by atoms with Crippen LogP contribution in [0.5, 0.6) is 0 Å². The molecule has 0 radical (unpaired) electrons. The molecule has 0 aromatic heterocycles. The first-order chi connectivity index (χ1) is 8.59. The Morgan fingerprint density at radius 1 is 1.50 bits per heavy atom. The summed E-state index contributed by atoms with van der Waals surface area (Å²) in [5.41, 5.74) is 7.92. The molecule has 1 aliphatic rings. The Labute approximate surface area is 114 Å². The van der Waals surface area contributed by atoms with Crippen molar-refractivity contribution >= 4 is 17.2 Å². The zero-order chi connectivity index (χ0) is 13.1. The van der Waals surface area contributed by atoms with Gasteiger partial charge in [-0.1, -0.05) is 36.5 Å². The van der Waals surface area contributed by atoms with Crippen LogP contribution in [0.2, 0.25) is 0 Å². The molecule has 1 aromatic carbocycles. The van der Waals surface area contributed by atoms with Gasteiger partial charge in [-0.15, -0.1) is 0 Å². The van der Waals surface area contributed by atoms with E-state index in [-0.39, 0.29) is 0 Å². The average molecular weight is 264 g/mol. The summed E-state index contributed by atoms with van der Waals surface area (Å²) in [6.07, 6.45) is 1.39. The molecule has 1 fully saturated rings. The van der Waals surface area contributed by atoms with Gasteiger partial charge in [0.1, 0.15) is 4.99 Å². The summed E-state index contributed by atoms with van der Waals surface area (Å²) in [6.45, 7) is 3.84. The van der Waals surface area contributed by atoms with Gasteiger partial charge in [-0.3, -0.25) is 4.90 Å². The summed E-state index contributed by atoms with van der Waals surface area (Å²) in [5, 5.41) is 0. The van der Waals surface area contributed by atoms with E-state index in [4.69, 9.17) is 22.7 Å². The van der Waals surface area contributed by atoms with Crippen LogP contribution in [0.4, 0.5) is 0 Å². The van der Waals surface area contributed by atoms with E-state index >= 15 is 0 Å². The van der Waals surface area contributed by atoms with E-state index in [1.54, 1.807) is 0 Å². The van der Waals surface area contributed by atoms with E-state index in [0.29, 0.717) is 17.1 Å². The molecule has 3 nitrogen and oxygen atoms in total. The molecule has 98 valence electrons.